The van der Waals surface area contributed by atoms with E-state index in [0.29, 0.717) is 6.54 Å². The highest BCUT2D eigenvalue weighted by Gasteiger charge is 2.67. The first-order valence-corrected chi connectivity index (χ1v) is 6.05. The van der Waals surface area contributed by atoms with Crippen LogP contribution in [-0.4, -0.2) is 46.2 Å². The maximum Gasteiger partial charge on any atom is 0.307 e. The summed E-state index contributed by atoms with van der Waals surface area (Å²) >= 11 is 0. The second-order valence-electron chi connectivity index (χ2n) is 5.63. The number of rotatable bonds is 3. The fourth-order valence-electron chi connectivity index (χ4n) is 3.05. The molecule has 0 aromatic heterocycles. The monoisotopic (exact) mass is 241 g/mol. The molecule has 96 valence electrons. The molecule has 0 spiro atoms. The van der Waals surface area contributed by atoms with Crippen LogP contribution in [-0.2, 0) is 9.59 Å². The zero-order valence-corrected chi connectivity index (χ0v) is 10.2. The number of amides is 1. The zero-order valence-electron chi connectivity index (χ0n) is 10.2. The highest BCUT2D eigenvalue weighted by molar-refractivity contribution is 5.92. The van der Waals surface area contributed by atoms with E-state index >= 15 is 0 Å². The van der Waals surface area contributed by atoms with Crippen LogP contribution in [0.1, 0.15) is 26.7 Å². The molecular formula is C12H19NO4. The van der Waals surface area contributed by atoms with Crippen LogP contribution in [0.3, 0.4) is 0 Å². The maximum absolute atomic E-state index is 12.3. The van der Waals surface area contributed by atoms with E-state index in [4.69, 9.17) is 5.11 Å². The average Bonchev–Trinajstić information content (AvgIpc) is 2.63. The molecule has 2 fully saturated rings. The molecule has 0 unspecified atom stereocenters. The Hall–Kier alpha value is -1.10. The van der Waals surface area contributed by atoms with Gasteiger partial charge < -0.3 is 15.1 Å². The van der Waals surface area contributed by atoms with E-state index in [1.807, 2.05) is 13.8 Å². The maximum atomic E-state index is 12.3. The van der Waals surface area contributed by atoms with E-state index in [1.165, 1.54) is 0 Å². The topological polar surface area (TPSA) is 77.8 Å². The molecule has 0 aromatic carbocycles. The minimum atomic E-state index is -0.895. The van der Waals surface area contributed by atoms with Crippen molar-refractivity contribution in [2.45, 2.75) is 32.7 Å². The van der Waals surface area contributed by atoms with Crippen molar-refractivity contribution in [3.05, 3.63) is 0 Å². The van der Waals surface area contributed by atoms with Crippen molar-refractivity contribution in [1.29, 1.82) is 0 Å². The van der Waals surface area contributed by atoms with Gasteiger partial charge in [-0.3, -0.25) is 9.59 Å². The predicted octanol–water partition coefficient (Wildman–Crippen LogP) is 0.326. The zero-order chi connectivity index (χ0) is 12.8. The molecule has 0 radical (unpaired) electrons. The third-order valence-electron chi connectivity index (χ3n) is 4.23. The van der Waals surface area contributed by atoms with E-state index in [9.17, 15) is 14.7 Å². The van der Waals surface area contributed by atoms with Crippen molar-refractivity contribution in [2.24, 2.45) is 17.3 Å². The van der Waals surface area contributed by atoms with Crippen LogP contribution in [0.15, 0.2) is 0 Å². The first-order chi connectivity index (χ1) is 7.91. The Bertz CT molecular complexity index is 352. The molecule has 3 atom stereocenters. The van der Waals surface area contributed by atoms with Crippen LogP contribution < -0.4 is 0 Å². The van der Waals surface area contributed by atoms with Crippen molar-refractivity contribution in [1.82, 2.24) is 4.90 Å². The predicted molar refractivity (Wildman–Crippen MR) is 60.2 cm³/mol. The summed E-state index contributed by atoms with van der Waals surface area (Å²) in [6, 6.07) is -0.117. The van der Waals surface area contributed by atoms with E-state index < -0.39 is 23.2 Å². The van der Waals surface area contributed by atoms with Crippen LogP contribution in [0.2, 0.25) is 0 Å². The van der Waals surface area contributed by atoms with E-state index in [0.717, 1.165) is 12.8 Å². The lowest BCUT2D eigenvalue weighted by atomic mass is 10.1. The third-order valence-corrected chi connectivity index (χ3v) is 4.23. The summed E-state index contributed by atoms with van der Waals surface area (Å²) < 4.78 is 0. The van der Waals surface area contributed by atoms with Gasteiger partial charge in [-0.2, -0.15) is 0 Å². The number of aliphatic hydroxyl groups excluding tert-OH is 1. The van der Waals surface area contributed by atoms with Crippen molar-refractivity contribution < 1.29 is 19.8 Å². The van der Waals surface area contributed by atoms with Crippen LogP contribution in [0, 0.1) is 17.3 Å². The second-order valence-corrected chi connectivity index (χ2v) is 5.63. The number of carboxylic acids is 1. The van der Waals surface area contributed by atoms with E-state index in [2.05, 4.69) is 0 Å². The second kappa shape index (κ2) is 3.98. The first kappa shape index (κ1) is 12.4. The number of carbonyl (C=O) groups is 2. The summed E-state index contributed by atoms with van der Waals surface area (Å²) in [4.78, 5) is 25.0. The van der Waals surface area contributed by atoms with Gasteiger partial charge in [0.1, 0.15) is 0 Å². The highest BCUT2D eigenvalue weighted by atomic mass is 16.4. The van der Waals surface area contributed by atoms with Crippen LogP contribution >= 0.6 is 0 Å². The first-order valence-electron chi connectivity index (χ1n) is 6.05. The Labute approximate surface area is 100 Å². The molecule has 1 heterocycles. The molecule has 17 heavy (non-hydrogen) atoms. The standard InChI is InChI=1S/C12H19NO4/c1-12(2)8(9(12)11(16)17)10(15)13-5-3-4-7(13)6-14/h7-9,14H,3-6H2,1-2H3,(H,16,17)/t7-,8+,9-/m0/s1. The van der Waals surface area contributed by atoms with Crippen molar-refractivity contribution in [2.75, 3.05) is 13.2 Å². The van der Waals surface area contributed by atoms with Crippen LogP contribution in [0.25, 0.3) is 0 Å². The fourth-order valence-corrected chi connectivity index (χ4v) is 3.05. The number of hydrogen-bond donors (Lipinski definition) is 2. The van der Waals surface area contributed by atoms with Gasteiger partial charge in [0, 0.05) is 6.54 Å². The lowest BCUT2D eigenvalue weighted by molar-refractivity contribution is -0.142. The van der Waals surface area contributed by atoms with E-state index in [-0.39, 0.29) is 18.6 Å². The molecule has 1 aliphatic heterocycles. The Kier molecular flexibility index (Phi) is 2.89. The molecule has 5 heteroatoms. The van der Waals surface area contributed by atoms with Gasteiger partial charge in [-0.1, -0.05) is 13.8 Å². The molecule has 1 aliphatic carbocycles. The minimum Gasteiger partial charge on any atom is -0.481 e. The van der Waals surface area contributed by atoms with E-state index in [1.54, 1.807) is 4.90 Å². The third kappa shape index (κ3) is 1.82. The summed E-state index contributed by atoms with van der Waals surface area (Å²) in [5.41, 5.74) is -0.453. The average molecular weight is 241 g/mol. The molecule has 0 aromatic rings. The Morgan fingerprint density at radius 2 is 2.00 bits per heavy atom. The number of aliphatic carboxylic acids is 1. The lowest BCUT2D eigenvalue weighted by Gasteiger charge is -2.23. The molecular weight excluding hydrogens is 222 g/mol. The molecule has 1 amide bonds. The number of hydrogen-bond acceptors (Lipinski definition) is 3. The Balaban J connectivity index is 2.09. The van der Waals surface area contributed by atoms with Gasteiger partial charge in [-0.05, 0) is 18.3 Å². The highest BCUT2D eigenvalue weighted by Crippen LogP contribution is 2.59. The fraction of sp³-hybridized carbons (Fsp3) is 0.833. The van der Waals surface area contributed by atoms with Gasteiger partial charge >= 0.3 is 5.97 Å². The van der Waals surface area contributed by atoms with Gasteiger partial charge in [0.05, 0.1) is 24.5 Å². The van der Waals surface area contributed by atoms with Gasteiger partial charge in [-0.25, -0.2) is 0 Å². The normalized spacial score (nSPS) is 34.8. The summed E-state index contributed by atoms with van der Waals surface area (Å²) in [6.45, 7) is 4.25. The van der Waals surface area contributed by atoms with Crippen LogP contribution in [0.5, 0.6) is 0 Å². The molecule has 5 nitrogen and oxygen atoms in total. The molecule has 1 saturated heterocycles. The summed E-state index contributed by atoms with van der Waals surface area (Å²) in [6.07, 6.45) is 1.70. The van der Waals surface area contributed by atoms with Crippen LogP contribution in [0.4, 0.5) is 0 Å². The van der Waals surface area contributed by atoms with Crippen molar-refractivity contribution in [3.8, 4) is 0 Å². The largest absolute Gasteiger partial charge is 0.481 e. The quantitative estimate of drug-likeness (QED) is 0.746. The Morgan fingerprint density at radius 3 is 2.47 bits per heavy atom. The smallest absolute Gasteiger partial charge is 0.307 e. The SMILES string of the molecule is CC1(C)[C@H](C(=O)O)[C@@H]1C(=O)N1CCC[C@H]1CO. The van der Waals surface area contributed by atoms with Gasteiger partial charge in [-0.15, -0.1) is 0 Å². The molecule has 2 N–H and O–H groups in total. The van der Waals surface area contributed by atoms with Gasteiger partial charge in [0.2, 0.25) is 5.91 Å². The lowest BCUT2D eigenvalue weighted by Crippen LogP contribution is -2.39. The molecule has 2 rings (SSSR count). The van der Waals surface area contributed by atoms with Gasteiger partial charge in [0.15, 0.2) is 0 Å². The number of carboxylic acid groups (broad SMARTS) is 1. The summed E-state index contributed by atoms with van der Waals surface area (Å²) in [5.74, 6) is -1.99. The number of likely N-dealkylation sites (tertiary alicyclic amines) is 1. The summed E-state index contributed by atoms with van der Waals surface area (Å²) in [7, 11) is 0. The Morgan fingerprint density at radius 1 is 1.35 bits per heavy atom. The van der Waals surface area contributed by atoms with Crippen molar-refractivity contribution in [3.63, 3.8) is 0 Å². The molecule has 0 bridgehead atoms. The molecule has 2 aliphatic rings. The number of carbonyl (C=O) groups excluding carboxylic acids is 1. The number of nitrogens with zero attached hydrogens (tertiary/aromatic N) is 1. The van der Waals surface area contributed by atoms with Gasteiger partial charge in [0.25, 0.3) is 0 Å². The minimum absolute atomic E-state index is 0.0311. The van der Waals surface area contributed by atoms with Crippen molar-refractivity contribution >= 4 is 11.9 Å². The summed E-state index contributed by atoms with van der Waals surface area (Å²) in [5, 5.41) is 18.2. The molecule has 1 saturated carbocycles. The number of aliphatic hydroxyl groups is 1.